The first-order valence-corrected chi connectivity index (χ1v) is 24.3. The number of anilines is 3. The van der Waals surface area contributed by atoms with Crippen molar-refractivity contribution in [2.45, 2.75) is 103 Å². The lowest BCUT2D eigenvalue weighted by atomic mass is 9.65. The molecule has 5 aromatic rings. The van der Waals surface area contributed by atoms with Gasteiger partial charge in [-0.3, -0.25) is 24.6 Å². The maximum atomic E-state index is 13.7. The lowest BCUT2D eigenvalue weighted by Crippen LogP contribution is -2.49. The molecule has 1 saturated carbocycles. The van der Waals surface area contributed by atoms with E-state index in [0.717, 1.165) is 64.1 Å². The molecule has 2 bridgehead atoms. The Balaban J connectivity index is 0.734. The van der Waals surface area contributed by atoms with Gasteiger partial charge in [-0.2, -0.15) is 4.98 Å². The maximum absolute atomic E-state index is 13.7. The Morgan fingerprint density at radius 3 is 2.48 bits per heavy atom. The fourth-order valence-electron chi connectivity index (χ4n) is 11.2. The van der Waals surface area contributed by atoms with Gasteiger partial charge in [0, 0.05) is 50.0 Å². The summed E-state index contributed by atoms with van der Waals surface area (Å²) in [6.45, 7) is 9.24. The van der Waals surface area contributed by atoms with E-state index in [4.69, 9.17) is 21.6 Å². The minimum atomic E-state index is -1.12. The summed E-state index contributed by atoms with van der Waals surface area (Å²) >= 11 is 6.46. The molecule has 1 aliphatic carbocycles. The van der Waals surface area contributed by atoms with Gasteiger partial charge in [-0.1, -0.05) is 35.9 Å². The molecule has 3 N–H and O–H groups in total. The number of aliphatic hydroxyl groups is 1. The number of carbonyl (C=O) groups is 3. The van der Waals surface area contributed by atoms with Crippen LogP contribution in [-0.2, 0) is 16.9 Å². The zero-order valence-electron chi connectivity index (χ0n) is 38.3. The lowest BCUT2D eigenvalue weighted by Gasteiger charge is -2.47. The van der Waals surface area contributed by atoms with E-state index in [1.54, 1.807) is 40.7 Å². The van der Waals surface area contributed by atoms with Gasteiger partial charge in [-0.25, -0.2) is 24.1 Å². The Labute approximate surface area is 395 Å². The van der Waals surface area contributed by atoms with Crippen molar-refractivity contribution >= 4 is 57.8 Å². The Hall–Kier alpha value is -5.90. The Morgan fingerprint density at radius 1 is 0.910 bits per heavy atom. The van der Waals surface area contributed by atoms with Gasteiger partial charge < -0.3 is 20.2 Å². The Kier molecular flexibility index (Phi) is 12.3. The zero-order chi connectivity index (χ0) is 46.5. The van der Waals surface area contributed by atoms with E-state index in [1.807, 2.05) is 35.3 Å². The lowest BCUT2D eigenvalue weighted by molar-refractivity contribution is -0.120. The van der Waals surface area contributed by atoms with Crippen LogP contribution in [0.2, 0.25) is 5.02 Å². The predicted molar refractivity (Wildman–Crippen MR) is 258 cm³/mol. The van der Waals surface area contributed by atoms with Crippen LogP contribution in [0.15, 0.2) is 77.7 Å². The molecule has 0 radical (unpaired) electrons. The van der Waals surface area contributed by atoms with Gasteiger partial charge in [0.15, 0.2) is 11.5 Å². The third-order valence-electron chi connectivity index (χ3n) is 15.3. The first kappa shape index (κ1) is 44.9. The Morgan fingerprint density at radius 2 is 1.70 bits per heavy atom. The van der Waals surface area contributed by atoms with E-state index >= 15 is 0 Å². The summed E-state index contributed by atoms with van der Waals surface area (Å²) in [7, 11) is 0. The molecule has 1 atom stereocenters. The number of amides is 4. The second kappa shape index (κ2) is 18.3. The van der Waals surface area contributed by atoms with Crippen LogP contribution in [0.3, 0.4) is 0 Å². The van der Waals surface area contributed by atoms with Crippen molar-refractivity contribution in [1.29, 1.82) is 0 Å². The normalized spacial score (nSPS) is 22.3. The number of pyridine rings is 1. The average Bonchev–Trinajstić information content (AvgIpc) is 3.60. The van der Waals surface area contributed by atoms with Gasteiger partial charge in [0.1, 0.15) is 11.0 Å². The van der Waals surface area contributed by atoms with Crippen LogP contribution in [0, 0.1) is 18.3 Å². The van der Waals surface area contributed by atoms with E-state index in [1.165, 1.54) is 41.7 Å². The number of halogens is 1. The third kappa shape index (κ3) is 9.13. The van der Waals surface area contributed by atoms with Crippen molar-refractivity contribution in [2.24, 2.45) is 11.3 Å². The molecule has 4 aliphatic heterocycles. The van der Waals surface area contributed by atoms with Crippen molar-refractivity contribution in [1.82, 2.24) is 39.4 Å². The van der Waals surface area contributed by atoms with Crippen molar-refractivity contribution in [2.75, 3.05) is 49.5 Å². The first-order valence-electron chi connectivity index (χ1n) is 24.0. The molecule has 1 spiro atoms. The molecule has 5 aliphatic rings. The molecule has 350 valence electrons. The van der Waals surface area contributed by atoms with E-state index in [2.05, 4.69) is 45.6 Å². The second-order valence-electron chi connectivity index (χ2n) is 19.7. The molecule has 15 nitrogen and oxygen atoms in total. The summed E-state index contributed by atoms with van der Waals surface area (Å²) in [5.41, 5.74) is 4.41. The van der Waals surface area contributed by atoms with Gasteiger partial charge in [-0.15, -0.1) is 0 Å². The average molecular weight is 928 g/mol. The van der Waals surface area contributed by atoms with Gasteiger partial charge in [0.05, 0.1) is 22.9 Å². The van der Waals surface area contributed by atoms with Crippen LogP contribution in [0.4, 0.5) is 22.1 Å². The molecule has 10 rings (SSSR count). The highest BCUT2D eigenvalue weighted by Crippen LogP contribution is 2.47. The van der Waals surface area contributed by atoms with Gasteiger partial charge in [-0.05, 0) is 162 Å². The number of allylic oxidation sites excluding steroid dienone is 2. The summed E-state index contributed by atoms with van der Waals surface area (Å²) in [5.74, 6) is 1.66. The number of benzene rings is 2. The number of likely N-dealkylation sites (tertiary alicyclic amines) is 2. The summed E-state index contributed by atoms with van der Waals surface area (Å²) < 4.78 is 3.36. The van der Waals surface area contributed by atoms with Gasteiger partial charge >= 0.3 is 6.03 Å². The largest absolute Gasteiger partial charge is 0.384 e. The standard InChI is InChI=1S/C51H59ClN10O5/c1-33-9-11-37(54-48-53-31-39-45(57-48)62-43-8-6-7-42(55-43)50(2,67)18-4-3-5-23-61(62)47(39)65)30-38(33)35-15-24-58(25-16-35)32-34-13-19-51(20-14-34)21-27-59(28-22-51)46(64)36-10-12-40(52)41(29-36)60-26-17-44(63)56-49(60)66/h3,5-12,29-31,34-35,67H,4,13-28,32H2,1-2H3,(H,53,54,57)(H,56,63,66)/b5-3-/t50-/m1/s1. The fourth-order valence-corrected chi connectivity index (χ4v) is 11.4. The monoisotopic (exact) mass is 926 g/mol. The molecule has 7 heterocycles. The molecule has 67 heavy (non-hydrogen) atoms. The molecule has 4 amide bonds. The smallest absolute Gasteiger partial charge is 0.328 e. The van der Waals surface area contributed by atoms with Crippen molar-refractivity contribution < 1.29 is 19.5 Å². The van der Waals surface area contributed by atoms with E-state index < -0.39 is 11.6 Å². The minimum Gasteiger partial charge on any atom is -0.384 e. The number of carbonyl (C=O) groups excluding carboxylic acids is 3. The highest BCUT2D eigenvalue weighted by Gasteiger charge is 2.40. The van der Waals surface area contributed by atoms with Crippen LogP contribution in [0.5, 0.6) is 0 Å². The number of nitrogens with one attached hydrogen (secondary N) is 2. The van der Waals surface area contributed by atoms with Crippen LogP contribution < -0.4 is 21.1 Å². The van der Waals surface area contributed by atoms with Crippen molar-refractivity contribution in [3.63, 3.8) is 0 Å². The van der Waals surface area contributed by atoms with Crippen molar-refractivity contribution in [3.05, 3.63) is 111 Å². The molecule has 0 unspecified atom stereocenters. The number of aromatic nitrogens is 5. The van der Waals surface area contributed by atoms with Crippen molar-refractivity contribution in [3.8, 4) is 5.82 Å². The maximum Gasteiger partial charge on any atom is 0.328 e. The number of hydrogen-bond acceptors (Lipinski definition) is 10. The molecule has 3 saturated heterocycles. The summed E-state index contributed by atoms with van der Waals surface area (Å²) in [6.07, 6.45) is 15.9. The molecular formula is C51H59ClN10O5. The second-order valence-corrected chi connectivity index (χ2v) is 20.1. The molecule has 4 fully saturated rings. The summed E-state index contributed by atoms with van der Waals surface area (Å²) in [6, 6.07) is 16.5. The van der Waals surface area contributed by atoms with Crippen LogP contribution in [0.1, 0.15) is 111 Å². The van der Waals surface area contributed by atoms with E-state index in [-0.39, 0.29) is 35.8 Å². The van der Waals surface area contributed by atoms with Gasteiger partial charge in [0.2, 0.25) is 11.9 Å². The number of urea groups is 1. The quantitative estimate of drug-likeness (QED) is 0.136. The number of aryl methyl sites for hydroxylation is 1. The molecule has 16 heteroatoms. The van der Waals surface area contributed by atoms with E-state index in [0.29, 0.717) is 76.0 Å². The number of fused-ring (bicyclic) bond motifs is 6. The SMILES string of the molecule is Cc1ccc(Nc2ncc3c(=O)n4n(c3n2)-c2cccc(n2)[C@](C)(O)CC/C=C\C4)cc1C1CCN(CC2CCC3(CC2)CCN(C(=O)c2ccc(Cl)c(N4CCC(=O)NC4=O)c2)CC3)CC1. The first-order chi connectivity index (χ1) is 32.3. The highest BCUT2D eigenvalue weighted by molar-refractivity contribution is 6.34. The molecular weight excluding hydrogens is 868 g/mol. The number of nitrogens with zero attached hydrogens (tertiary/aromatic N) is 8. The number of rotatable bonds is 7. The Bertz CT molecular complexity index is 2810. The van der Waals surface area contributed by atoms with Gasteiger partial charge in [0.25, 0.3) is 11.5 Å². The van der Waals surface area contributed by atoms with Crippen LogP contribution >= 0.6 is 11.6 Å². The predicted octanol–water partition coefficient (Wildman–Crippen LogP) is 7.98. The number of imide groups is 1. The molecule has 2 aromatic carbocycles. The van der Waals surface area contributed by atoms with E-state index in [9.17, 15) is 24.3 Å². The zero-order valence-corrected chi connectivity index (χ0v) is 39.1. The summed E-state index contributed by atoms with van der Waals surface area (Å²) in [5, 5.41) is 17.8. The molecule has 3 aromatic heterocycles. The topological polar surface area (TPSA) is 171 Å². The fraction of sp³-hybridized carbons (Fsp3) is 0.471. The highest BCUT2D eigenvalue weighted by atomic mass is 35.5. The van der Waals surface area contributed by atoms with Crippen LogP contribution in [-0.4, -0.2) is 96.3 Å². The van der Waals surface area contributed by atoms with Crippen LogP contribution in [0.25, 0.3) is 16.9 Å². The minimum absolute atomic E-state index is 0.0469. The number of piperidine rings is 2. The third-order valence-corrected chi connectivity index (χ3v) is 15.6. The number of hydrogen-bond donors (Lipinski definition) is 3. The summed E-state index contributed by atoms with van der Waals surface area (Å²) in [4.78, 5) is 71.9.